The number of ether oxygens (including phenoxy) is 1. The highest BCUT2D eigenvalue weighted by Gasteiger charge is 2.32. The normalized spacial score (nSPS) is 13.3. The maximum absolute atomic E-state index is 12.8. The third-order valence-corrected chi connectivity index (χ3v) is 4.85. The van der Waals surface area contributed by atoms with Crippen LogP contribution in [0.1, 0.15) is 32.7 Å². The first-order valence-electron chi connectivity index (χ1n) is 9.40. The van der Waals surface area contributed by atoms with Gasteiger partial charge in [0.15, 0.2) is 0 Å². The summed E-state index contributed by atoms with van der Waals surface area (Å²) in [5.41, 5.74) is 1.98. The Hall–Kier alpha value is -3.73. The first-order valence-corrected chi connectivity index (χ1v) is 9.40. The molecule has 0 unspecified atom stereocenters. The zero-order valence-corrected chi connectivity index (χ0v) is 15.7. The van der Waals surface area contributed by atoms with Gasteiger partial charge in [-0.05, 0) is 29.2 Å². The topological polar surface area (TPSA) is 63.7 Å². The van der Waals surface area contributed by atoms with Crippen LogP contribution < -0.4 is 0 Å². The fraction of sp³-hybridized carbons (Fsp3) is 0.125. The summed E-state index contributed by atoms with van der Waals surface area (Å²) in [7, 11) is 0. The molecule has 0 atom stereocenters. The lowest BCUT2D eigenvalue weighted by atomic mass is 9.94. The van der Waals surface area contributed by atoms with E-state index in [2.05, 4.69) is 0 Å². The summed E-state index contributed by atoms with van der Waals surface area (Å²) in [5.74, 6) is -1.22. The van der Waals surface area contributed by atoms with Gasteiger partial charge in [0.25, 0.3) is 11.8 Å². The van der Waals surface area contributed by atoms with Gasteiger partial charge in [0.05, 0.1) is 6.42 Å². The Morgan fingerprint density at radius 1 is 0.862 bits per heavy atom. The smallest absolute Gasteiger partial charge is 0.307 e. The lowest BCUT2D eigenvalue weighted by molar-refractivity contribution is -0.142. The molecular weight excluding hydrogens is 366 g/mol. The quantitative estimate of drug-likeness (QED) is 0.474. The molecule has 0 radical (unpaired) electrons. The summed E-state index contributed by atoms with van der Waals surface area (Å²) in [5, 5.41) is 1.53. The van der Waals surface area contributed by atoms with Gasteiger partial charge < -0.3 is 4.74 Å². The van der Waals surface area contributed by atoms with E-state index < -0.39 is 5.97 Å². The third kappa shape index (κ3) is 3.80. The fourth-order valence-electron chi connectivity index (χ4n) is 3.45. The van der Waals surface area contributed by atoms with E-state index in [0.717, 1.165) is 15.8 Å². The van der Waals surface area contributed by atoms with E-state index >= 15 is 0 Å². The Kier molecular flexibility index (Phi) is 5.20. The zero-order chi connectivity index (χ0) is 20.2. The molecule has 3 aromatic rings. The second-order valence-corrected chi connectivity index (χ2v) is 6.72. The average molecular weight is 385 g/mol. The van der Waals surface area contributed by atoms with Gasteiger partial charge in [-0.15, -0.1) is 0 Å². The molecule has 5 heteroatoms. The summed E-state index contributed by atoms with van der Waals surface area (Å²) < 4.78 is 5.18. The van der Waals surface area contributed by atoms with Crippen molar-refractivity contribution in [1.82, 2.24) is 4.90 Å². The van der Waals surface area contributed by atoms with Gasteiger partial charge in [0.2, 0.25) is 0 Å². The largest absolute Gasteiger partial charge is 0.461 e. The summed E-state index contributed by atoms with van der Waals surface area (Å²) in [6.07, 6.45) is 3.57. The molecule has 0 saturated carbocycles. The summed E-state index contributed by atoms with van der Waals surface area (Å²) >= 11 is 0. The van der Waals surface area contributed by atoms with E-state index in [1.54, 1.807) is 30.3 Å². The van der Waals surface area contributed by atoms with Crippen LogP contribution in [0.2, 0.25) is 0 Å². The minimum Gasteiger partial charge on any atom is -0.461 e. The van der Waals surface area contributed by atoms with E-state index in [1.165, 1.54) is 0 Å². The van der Waals surface area contributed by atoms with E-state index in [-0.39, 0.29) is 31.4 Å². The second-order valence-electron chi connectivity index (χ2n) is 6.72. The summed E-state index contributed by atoms with van der Waals surface area (Å²) in [6.45, 7) is 0.126. The van der Waals surface area contributed by atoms with Crippen molar-refractivity contribution in [2.75, 3.05) is 13.2 Å². The molecule has 4 rings (SSSR count). The third-order valence-electron chi connectivity index (χ3n) is 4.85. The predicted molar refractivity (Wildman–Crippen MR) is 110 cm³/mol. The molecule has 0 N–H and O–H groups in total. The first-order chi connectivity index (χ1) is 14.1. The Morgan fingerprint density at radius 3 is 2.17 bits per heavy atom. The molecule has 0 fully saturated rings. The van der Waals surface area contributed by atoms with Crippen LogP contribution in [-0.4, -0.2) is 35.8 Å². The van der Waals surface area contributed by atoms with Gasteiger partial charge in [-0.2, -0.15) is 0 Å². The van der Waals surface area contributed by atoms with Gasteiger partial charge in [-0.25, -0.2) is 0 Å². The average Bonchev–Trinajstić information content (AvgIpc) is 2.75. The Labute approximate surface area is 168 Å². The molecule has 3 aromatic carbocycles. The molecule has 0 spiro atoms. The second kappa shape index (κ2) is 8.10. The summed E-state index contributed by atoms with van der Waals surface area (Å²) in [6, 6.07) is 20.4. The van der Waals surface area contributed by atoms with Gasteiger partial charge in [-0.3, -0.25) is 19.3 Å². The molecular formula is C24H19NO4. The van der Waals surface area contributed by atoms with Crippen LogP contribution in [0.5, 0.6) is 0 Å². The fourth-order valence-corrected chi connectivity index (χ4v) is 3.45. The van der Waals surface area contributed by atoms with E-state index in [0.29, 0.717) is 16.5 Å². The van der Waals surface area contributed by atoms with Gasteiger partial charge >= 0.3 is 5.97 Å². The molecule has 0 saturated heterocycles. The van der Waals surface area contributed by atoms with Crippen molar-refractivity contribution in [3.63, 3.8) is 0 Å². The van der Waals surface area contributed by atoms with Crippen molar-refractivity contribution < 1.29 is 19.1 Å². The van der Waals surface area contributed by atoms with Crippen molar-refractivity contribution in [1.29, 1.82) is 0 Å². The van der Waals surface area contributed by atoms with Crippen LogP contribution >= 0.6 is 0 Å². The Balaban J connectivity index is 1.37. The highest BCUT2D eigenvalue weighted by atomic mass is 16.5. The number of amides is 2. The predicted octanol–water partition coefficient (Wildman–Crippen LogP) is 4.08. The SMILES string of the molecule is O=C(CCN1C(=O)c2cccc3cccc(c23)C1=O)OCC=Cc1ccccc1. The highest BCUT2D eigenvalue weighted by molar-refractivity contribution is 6.25. The van der Waals surface area contributed by atoms with Crippen molar-refractivity contribution in [3.8, 4) is 0 Å². The molecule has 0 aliphatic carbocycles. The number of esters is 1. The maximum Gasteiger partial charge on any atom is 0.307 e. The lowest BCUT2D eigenvalue weighted by Gasteiger charge is -2.26. The number of hydrogen-bond donors (Lipinski definition) is 0. The Bertz CT molecular complexity index is 1070. The van der Waals surface area contributed by atoms with E-state index in [1.807, 2.05) is 48.5 Å². The molecule has 0 bridgehead atoms. The molecule has 29 heavy (non-hydrogen) atoms. The standard InChI is InChI=1S/C24H19NO4/c26-21(29-16-6-9-17-7-2-1-3-8-17)14-15-25-23(27)19-12-4-10-18-11-5-13-20(22(18)19)24(25)28/h1-13H,14-16H2. The zero-order valence-electron chi connectivity index (χ0n) is 15.7. The van der Waals surface area contributed by atoms with Gasteiger partial charge in [-0.1, -0.05) is 60.7 Å². The number of carbonyl (C=O) groups excluding carboxylic acids is 3. The van der Waals surface area contributed by atoms with Crippen LogP contribution in [0.15, 0.2) is 72.8 Å². The van der Waals surface area contributed by atoms with Crippen molar-refractivity contribution in [2.45, 2.75) is 6.42 Å². The maximum atomic E-state index is 12.8. The number of rotatable bonds is 6. The number of imide groups is 1. The lowest BCUT2D eigenvalue weighted by Crippen LogP contribution is -2.41. The molecule has 1 aliphatic rings. The number of benzene rings is 3. The first kappa shape index (κ1) is 18.6. The molecule has 5 nitrogen and oxygen atoms in total. The van der Waals surface area contributed by atoms with Crippen molar-refractivity contribution in [3.05, 3.63) is 89.5 Å². The minimum atomic E-state index is -0.458. The van der Waals surface area contributed by atoms with E-state index in [9.17, 15) is 14.4 Å². The van der Waals surface area contributed by atoms with Crippen LogP contribution in [0, 0.1) is 0 Å². The van der Waals surface area contributed by atoms with E-state index in [4.69, 9.17) is 4.74 Å². The summed E-state index contributed by atoms with van der Waals surface area (Å²) in [4.78, 5) is 38.7. The number of nitrogens with zero attached hydrogens (tertiary/aromatic N) is 1. The molecule has 2 amide bonds. The molecule has 144 valence electrons. The molecule has 0 aromatic heterocycles. The number of carbonyl (C=O) groups is 3. The Morgan fingerprint density at radius 2 is 1.52 bits per heavy atom. The van der Waals surface area contributed by atoms with Crippen LogP contribution in [-0.2, 0) is 9.53 Å². The van der Waals surface area contributed by atoms with Crippen LogP contribution in [0.3, 0.4) is 0 Å². The van der Waals surface area contributed by atoms with Crippen molar-refractivity contribution in [2.24, 2.45) is 0 Å². The minimum absolute atomic E-state index is 0.0103. The molecule has 1 aliphatic heterocycles. The van der Waals surface area contributed by atoms with Gasteiger partial charge in [0, 0.05) is 23.1 Å². The van der Waals surface area contributed by atoms with Crippen LogP contribution in [0.25, 0.3) is 16.8 Å². The highest BCUT2D eigenvalue weighted by Crippen LogP contribution is 2.29. The monoisotopic (exact) mass is 385 g/mol. The number of hydrogen-bond acceptors (Lipinski definition) is 4. The molecule has 1 heterocycles. The van der Waals surface area contributed by atoms with Crippen molar-refractivity contribution >= 4 is 34.6 Å². The van der Waals surface area contributed by atoms with Gasteiger partial charge in [0.1, 0.15) is 6.61 Å². The van der Waals surface area contributed by atoms with Crippen LogP contribution in [0.4, 0.5) is 0 Å².